The van der Waals surface area contributed by atoms with Crippen molar-refractivity contribution in [3.8, 4) is 11.8 Å². The molecule has 0 aliphatic rings. The quantitative estimate of drug-likeness (QED) is 0.472. The molecule has 0 N–H and O–H groups in total. The Hall–Kier alpha value is -1.60. The van der Waals surface area contributed by atoms with Crippen LogP contribution in [0.1, 0.15) is 12.5 Å². The zero-order valence-corrected chi connectivity index (χ0v) is 10.2. The minimum Gasteiger partial charge on any atom is -0.459 e. The van der Waals surface area contributed by atoms with Crippen molar-refractivity contribution in [2.24, 2.45) is 0 Å². The van der Waals surface area contributed by atoms with Crippen LogP contribution in [-0.4, -0.2) is 18.4 Å². The summed E-state index contributed by atoms with van der Waals surface area (Å²) in [4.78, 5) is 22.1. The zero-order chi connectivity index (χ0) is 12.0. The predicted molar refractivity (Wildman–Crippen MR) is 62.7 cm³/mol. The Labute approximate surface area is 102 Å². The first-order chi connectivity index (χ1) is 7.63. The average Bonchev–Trinajstić information content (AvgIpc) is 2.28. The summed E-state index contributed by atoms with van der Waals surface area (Å²) in [7, 11) is 0. The van der Waals surface area contributed by atoms with E-state index in [0.29, 0.717) is 5.56 Å². The van der Waals surface area contributed by atoms with E-state index in [1.807, 2.05) is 0 Å². The number of carbonyl (C=O) groups excluding carboxylic acids is 2. The smallest absolute Gasteiger partial charge is 0.388 e. The van der Waals surface area contributed by atoms with Gasteiger partial charge in [0.2, 0.25) is 0 Å². The Kier molecular flexibility index (Phi) is 4.74. The van der Waals surface area contributed by atoms with Crippen molar-refractivity contribution in [2.45, 2.75) is 6.92 Å². The molecule has 0 aliphatic heterocycles. The highest BCUT2D eigenvalue weighted by molar-refractivity contribution is 9.10. The Morgan fingerprint density at radius 1 is 1.31 bits per heavy atom. The van der Waals surface area contributed by atoms with Gasteiger partial charge in [-0.05, 0) is 37.1 Å². The van der Waals surface area contributed by atoms with Crippen LogP contribution >= 0.6 is 15.9 Å². The number of ketones is 1. The number of halogens is 1. The summed E-state index contributed by atoms with van der Waals surface area (Å²) in [5.41, 5.74) is 0.667. The highest BCUT2D eigenvalue weighted by atomic mass is 79.9. The van der Waals surface area contributed by atoms with Gasteiger partial charge in [-0.1, -0.05) is 21.9 Å². The van der Waals surface area contributed by atoms with Gasteiger partial charge in [-0.25, -0.2) is 4.79 Å². The summed E-state index contributed by atoms with van der Waals surface area (Å²) in [5.74, 6) is 3.07. The molecule has 0 aliphatic carbocycles. The SMILES string of the molecule is CCOC(=O)C(=O)C#Cc1ccc(Br)cc1. The minimum absolute atomic E-state index is 0.171. The van der Waals surface area contributed by atoms with Crippen molar-refractivity contribution < 1.29 is 14.3 Å². The third-order valence-corrected chi connectivity index (χ3v) is 2.15. The molecule has 0 amide bonds. The maximum atomic E-state index is 11.1. The molecule has 3 nitrogen and oxygen atoms in total. The molecule has 0 heterocycles. The molecular weight excluding hydrogens is 272 g/mol. The Balaban J connectivity index is 2.71. The third-order valence-electron chi connectivity index (χ3n) is 1.63. The van der Waals surface area contributed by atoms with E-state index in [-0.39, 0.29) is 6.61 Å². The van der Waals surface area contributed by atoms with E-state index in [1.165, 1.54) is 0 Å². The van der Waals surface area contributed by atoms with E-state index < -0.39 is 11.8 Å². The molecule has 0 saturated heterocycles. The summed E-state index contributed by atoms with van der Waals surface area (Å²) < 4.78 is 5.44. The predicted octanol–water partition coefficient (Wildman–Crippen LogP) is 1.93. The van der Waals surface area contributed by atoms with E-state index in [1.54, 1.807) is 31.2 Å². The lowest BCUT2D eigenvalue weighted by molar-refractivity contribution is -0.150. The third kappa shape index (κ3) is 3.87. The summed E-state index contributed by atoms with van der Waals surface area (Å²) in [6.45, 7) is 1.80. The van der Waals surface area contributed by atoms with Crippen molar-refractivity contribution in [3.05, 3.63) is 34.3 Å². The van der Waals surface area contributed by atoms with Gasteiger partial charge in [0.15, 0.2) is 0 Å². The van der Waals surface area contributed by atoms with Crippen LogP contribution in [0.2, 0.25) is 0 Å². The van der Waals surface area contributed by atoms with Crippen molar-refractivity contribution in [2.75, 3.05) is 6.61 Å². The summed E-state index contributed by atoms with van der Waals surface area (Å²) in [6, 6.07) is 7.10. The maximum Gasteiger partial charge on any atom is 0.388 e. The number of hydrogen-bond acceptors (Lipinski definition) is 3. The first-order valence-electron chi connectivity index (χ1n) is 4.62. The van der Waals surface area contributed by atoms with Gasteiger partial charge >= 0.3 is 11.8 Å². The number of carbonyl (C=O) groups is 2. The largest absolute Gasteiger partial charge is 0.459 e. The van der Waals surface area contributed by atoms with Gasteiger partial charge in [0.25, 0.3) is 0 Å². The monoisotopic (exact) mass is 280 g/mol. The molecule has 0 unspecified atom stereocenters. The molecule has 1 aromatic carbocycles. The zero-order valence-electron chi connectivity index (χ0n) is 8.62. The second-order valence-corrected chi connectivity index (χ2v) is 3.72. The van der Waals surface area contributed by atoms with Crippen LogP contribution in [0.5, 0.6) is 0 Å². The minimum atomic E-state index is -0.910. The van der Waals surface area contributed by atoms with E-state index in [2.05, 4.69) is 32.5 Å². The fraction of sp³-hybridized carbons (Fsp3) is 0.167. The van der Waals surface area contributed by atoms with E-state index in [0.717, 1.165) is 4.47 Å². The topological polar surface area (TPSA) is 43.4 Å². The van der Waals surface area contributed by atoms with Gasteiger partial charge in [-0.3, -0.25) is 4.79 Å². The summed E-state index contributed by atoms with van der Waals surface area (Å²) >= 11 is 3.28. The lowest BCUT2D eigenvalue weighted by Gasteiger charge is -1.94. The van der Waals surface area contributed by atoms with Crippen LogP contribution in [0.4, 0.5) is 0 Å². The maximum absolute atomic E-state index is 11.1. The molecule has 0 atom stereocenters. The molecule has 0 spiro atoms. The molecule has 0 bridgehead atoms. The summed E-state index contributed by atoms with van der Waals surface area (Å²) in [6.07, 6.45) is 0. The van der Waals surface area contributed by atoms with Crippen LogP contribution in [0, 0.1) is 11.8 Å². The number of Topliss-reactive ketones (excluding diaryl/α,β-unsaturated/α-hetero) is 1. The Morgan fingerprint density at radius 2 is 1.94 bits per heavy atom. The highest BCUT2D eigenvalue weighted by Crippen LogP contribution is 2.09. The molecule has 16 heavy (non-hydrogen) atoms. The molecule has 0 aromatic heterocycles. The molecule has 1 aromatic rings. The Bertz CT molecular complexity index is 451. The van der Waals surface area contributed by atoms with Gasteiger partial charge in [0, 0.05) is 10.0 Å². The van der Waals surface area contributed by atoms with Crippen LogP contribution in [0.25, 0.3) is 0 Å². The molecule has 4 heteroatoms. The van der Waals surface area contributed by atoms with Gasteiger partial charge < -0.3 is 4.74 Å². The standard InChI is InChI=1S/C12H9BrO3/c1-2-16-12(15)11(14)8-5-9-3-6-10(13)7-4-9/h3-4,6-7H,2H2,1H3. The number of rotatable bonds is 2. The van der Waals surface area contributed by atoms with Crippen molar-refractivity contribution >= 4 is 27.7 Å². The van der Waals surface area contributed by atoms with Crippen LogP contribution in [-0.2, 0) is 14.3 Å². The van der Waals surface area contributed by atoms with Gasteiger partial charge in [-0.2, -0.15) is 0 Å². The molecule has 0 fully saturated rings. The number of ether oxygens (including phenoxy) is 1. The van der Waals surface area contributed by atoms with Crippen molar-refractivity contribution in [3.63, 3.8) is 0 Å². The van der Waals surface area contributed by atoms with Crippen LogP contribution in [0.3, 0.4) is 0 Å². The van der Waals surface area contributed by atoms with Gasteiger partial charge in [0.1, 0.15) is 0 Å². The van der Waals surface area contributed by atoms with Crippen LogP contribution < -0.4 is 0 Å². The van der Waals surface area contributed by atoms with Gasteiger partial charge in [0.05, 0.1) is 6.61 Å². The van der Waals surface area contributed by atoms with Crippen molar-refractivity contribution in [1.82, 2.24) is 0 Å². The van der Waals surface area contributed by atoms with Gasteiger partial charge in [-0.15, -0.1) is 0 Å². The van der Waals surface area contributed by atoms with Crippen molar-refractivity contribution in [1.29, 1.82) is 0 Å². The number of benzene rings is 1. The molecule has 1 rings (SSSR count). The summed E-state index contributed by atoms with van der Waals surface area (Å²) in [5, 5.41) is 0. The fourth-order valence-corrected chi connectivity index (χ4v) is 1.17. The van der Waals surface area contributed by atoms with E-state index in [4.69, 9.17) is 0 Å². The molecule has 82 valence electrons. The molecule has 0 radical (unpaired) electrons. The second kappa shape index (κ2) is 6.09. The average molecular weight is 281 g/mol. The van der Waals surface area contributed by atoms with Crippen LogP contribution in [0.15, 0.2) is 28.7 Å². The Morgan fingerprint density at radius 3 is 2.50 bits per heavy atom. The lowest BCUT2D eigenvalue weighted by Crippen LogP contribution is -2.15. The first-order valence-corrected chi connectivity index (χ1v) is 5.41. The molecule has 0 saturated carbocycles. The fourth-order valence-electron chi connectivity index (χ4n) is 0.910. The normalized spacial score (nSPS) is 8.88. The highest BCUT2D eigenvalue weighted by Gasteiger charge is 2.10. The second-order valence-electron chi connectivity index (χ2n) is 2.81. The van der Waals surface area contributed by atoms with E-state index in [9.17, 15) is 9.59 Å². The number of esters is 1. The lowest BCUT2D eigenvalue weighted by atomic mass is 10.2. The first kappa shape index (κ1) is 12.5. The number of hydrogen-bond donors (Lipinski definition) is 0. The molecular formula is C12H9BrO3. The van der Waals surface area contributed by atoms with E-state index >= 15 is 0 Å².